The van der Waals surface area contributed by atoms with Gasteiger partial charge in [-0.2, -0.15) is 0 Å². The monoisotopic (exact) mass is 491 g/mol. The number of benzene rings is 2. The Labute approximate surface area is 200 Å². The molecule has 0 radical (unpaired) electrons. The van der Waals surface area contributed by atoms with Gasteiger partial charge in [0.05, 0.1) is 15.7 Å². The minimum atomic E-state index is -0.663. The number of carbonyl (C=O) groups is 3. The molecule has 1 unspecified atom stereocenters. The number of anilines is 2. The van der Waals surface area contributed by atoms with Gasteiger partial charge in [0.15, 0.2) is 0 Å². The number of piperidine rings is 1. The minimum absolute atomic E-state index is 0.0155. The fourth-order valence-corrected chi connectivity index (χ4v) is 4.37. The number of imide groups is 1. The van der Waals surface area contributed by atoms with Crippen LogP contribution in [0.25, 0.3) is 0 Å². The van der Waals surface area contributed by atoms with Gasteiger partial charge in [-0.15, -0.1) is 0 Å². The topological polar surface area (TPSA) is 69.7 Å². The van der Waals surface area contributed by atoms with Crippen LogP contribution in [0.2, 0.25) is 10.0 Å². The fraction of sp³-hybridized carbons (Fsp3) is 0.261. The highest BCUT2D eigenvalue weighted by atomic mass is 35.5. The Hall–Kier alpha value is -2.54. The summed E-state index contributed by atoms with van der Waals surface area (Å²) in [5.41, 5.74) is 1.31. The van der Waals surface area contributed by atoms with Crippen molar-refractivity contribution in [1.82, 2.24) is 4.90 Å². The normalized spacial score (nSPS) is 19.1. The maximum Gasteiger partial charge on any atom is 0.283 e. The summed E-state index contributed by atoms with van der Waals surface area (Å²) in [6, 6.07) is 11.2. The van der Waals surface area contributed by atoms with Gasteiger partial charge in [0.2, 0.25) is 0 Å². The Morgan fingerprint density at radius 1 is 1.00 bits per heavy atom. The second-order valence-corrected chi connectivity index (χ2v) is 9.13. The second kappa shape index (κ2) is 9.14. The Bertz CT molecular complexity index is 1130. The van der Waals surface area contributed by atoms with Crippen LogP contribution in [0.4, 0.5) is 11.4 Å². The smallest absolute Gasteiger partial charge is 0.283 e. The number of carbonyl (C=O) groups excluding carboxylic acids is 3. The molecule has 0 bridgehead atoms. The van der Waals surface area contributed by atoms with Gasteiger partial charge in [-0.1, -0.05) is 41.7 Å². The largest absolute Gasteiger partial charge is 0.350 e. The van der Waals surface area contributed by atoms with Gasteiger partial charge in [-0.25, -0.2) is 4.90 Å². The molecule has 0 spiro atoms. The molecule has 1 N–H and O–H groups in total. The number of rotatable bonds is 4. The zero-order valence-corrected chi connectivity index (χ0v) is 19.5. The molecule has 4 rings (SSSR count). The summed E-state index contributed by atoms with van der Waals surface area (Å²) < 4.78 is 0. The second-order valence-electron chi connectivity index (χ2n) is 7.93. The van der Waals surface area contributed by atoms with E-state index in [1.165, 1.54) is 18.2 Å². The van der Waals surface area contributed by atoms with E-state index in [4.69, 9.17) is 34.8 Å². The molecule has 2 aliphatic heterocycles. The van der Waals surface area contributed by atoms with Gasteiger partial charge in [0, 0.05) is 24.3 Å². The van der Waals surface area contributed by atoms with Crippen molar-refractivity contribution in [2.24, 2.45) is 5.92 Å². The van der Waals surface area contributed by atoms with Gasteiger partial charge in [0.1, 0.15) is 10.7 Å². The number of hydrogen-bond acceptors (Lipinski definition) is 4. The lowest BCUT2D eigenvalue weighted by Crippen LogP contribution is -2.39. The Morgan fingerprint density at radius 3 is 2.38 bits per heavy atom. The first-order chi connectivity index (χ1) is 15.3. The molecule has 0 aromatic heterocycles. The van der Waals surface area contributed by atoms with Crippen LogP contribution in [-0.2, 0) is 9.59 Å². The number of hydrogen-bond donors (Lipinski definition) is 1. The SMILES string of the molecule is CC1CCCN(C(=O)c2ccc(NC3=C(Cl)C(=O)N(c4ccc(Cl)c(Cl)c4)C3=O)cc2)C1. The van der Waals surface area contributed by atoms with Crippen molar-refractivity contribution >= 4 is 63.9 Å². The third-order valence-electron chi connectivity index (χ3n) is 5.53. The van der Waals surface area contributed by atoms with Crippen molar-refractivity contribution in [3.8, 4) is 0 Å². The van der Waals surface area contributed by atoms with E-state index in [0.29, 0.717) is 22.2 Å². The molecule has 2 aromatic carbocycles. The molecule has 1 saturated heterocycles. The van der Waals surface area contributed by atoms with Crippen LogP contribution in [-0.4, -0.2) is 35.7 Å². The first-order valence-electron chi connectivity index (χ1n) is 10.2. The predicted molar refractivity (Wildman–Crippen MR) is 126 cm³/mol. The molecule has 2 aromatic rings. The third-order valence-corrected chi connectivity index (χ3v) is 6.62. The third kappa shape index (κ3) is 4.35. The van der Waals surface area contributed by atoms with Crippen molar-refractivity contribution < 1.29 is 14.4 Å². The summed E-state index contributed by atoms with van der Waals surface area (Å²) in [5, 5.41) is 3.19. The molecule has 0 saturated carbocycles. The summed E-state index contributed by atoms with van der Waals surface area (Å²) in [6.07, 6.45) is 2.14. The van der Waals surface area contributed by atoms with Gasteiger partial charge >= 0.3 is 0 Å². The molecular weight excluding hydrogens is 473 g/mol. The van der Waals surface area contributed by atoms with E-state index < -0.39 is 11.8 Å². The molecule has 1 fully saturated rings. The van der Waals surface area contributed by atoms with Crippen molar-refractivity contribution in [3.05, 3.63) is 68.8 Å². The number of nitrogens with zero attached hydrogens (tertiary/aromatic N) is 2. The zero-order chi connectivity index (χ0) is 23.0. The summed E-state index contributed by atoms with van der Waals surface area (Å²) in [6.45, 7) is 3.65. The molecule has 2 aliphatic rings. The highest BCUT2D eigenvalue weighted by molar-refractivity contribution is 6.53. The molecule has 6 nitrogen and oxygen atoms in total. The van der Waals surface area contributed by atoms with Crippen LogP contribution in [0.1, 0.15) is 30.1 Å². The molecule has 32 heavy (non-hydrogen) atoms. The van der Waals surface area contributed by atoms with Gasteiger partial charge in [0.25, 0.3) is 17.7 Å². The molecule has 3 amide bonds. The van der Waals surface area contributed by atoms with E-state index >= 15 is 0 Å². The first kappa shape index (κ1) is 22.6. The Kier molecular flexibility index (Phi) is 6.47. The van der Waals surface area contributed by atoms with Crippen molar-refractivity contribution in [1.29, 1.82) is 0 Å². The van der Waals surface area contributed by atoms with E-state index in [1.54, 1.807) is 24.3 Å². The summed E-state index contributed by atoms with van der Waals surface area (Å²) in [4.78, 5) is 41.1. The minimum Gasteiger partial charge on any atom is -0.350 e. The molecule has 9 heteroatoms. The number of amides is 3. The van der Waals surface area contributed by atoms with Crippen LogP contribution in [0.15, 0.2) is 53.2 Å². The zero-order valence-electron chi connectivity index (χ0n) is 17.2. The average Bonchev–Trinajstić information content (AvgIpc) is 2.99. The first-order valence-corrected chi connectivity index (χ1v) is 11.3. The molecular formula is C23H20Cl3N3O3. The lowest BCUT2D eigenvalue weighted by molar-refractivity contribution is -0.120. The summed E-state index contributed by atoms with van der Waals surface area (Å²) in [7, 11) is 0. The van der Waals surface area contributed by atoms with Crippen LogP contribution in [0, 0.1) is 5.92 Å². The Morgan fingerprint density at radius 2 is 1.72 bits per heavy atom. The van der Waals surface area contributed by atoms with Crippen molar-refractivity contribution in [2.45, 2.75) is 19.8 Å². The van der Waals surface area contributed by atoms with Crippen LogP contribution >= 0.6 is 34.8 Å². The van der Waals surface area contributed by atoms with Gasteiger partial charge in [-0.05, 0) is 61.2 Å². The summed E-state index contributed by atoms with van der Waals surface area (Å²) >= 11 is 18.1. The highest BCUT2D eigenvalue weighted by Crippen LogP contribution is 2.33. The van der Waals surface area contributed by atoms with Crippen LogP contribution in [0.5, 0.6) is 0 Å². The van der Waals surface area contributed by atoms with Gasteiger partial charge < -0.3 is 10.2 Å². The van der Waals surface area contributed by atoms with Crippen molar-refractivity contribution in [3.63, 3.8) is 0 Å². The molecule has 1 atom stereocenters. The van der Waals surface area contributed by atoms with E-state index in [9.17, 15) is 14.4 Å². The maximum absolute atomic E-state index is 12.9. The molecule has 0 aliphatic carbocycles. The number of nitrogens with one attached hydrogen (secondary N) is 1. The van der Waals surface area contributed by atoms with E-state index in [-0.39, 0.29) is 27.3 Å². The molecule has 166 valence electrons. The number of halogens is 3. The van der Waals surface area contributed by atoms with E-state index in [2.05, 4.69) is 12.2 Å². The predicted octanol–water partition coefficient (Wildman–Crippen LogP) is 5.30. The number of likely N-dealkylation sites (tertiary alicyclic amines) is 1. The van der Waals surface area contributed by atoms with Crippen LogP contribution in [0.3, 0.4) is 0 Å². The Balaban J connectivity index is 1.50. The van der Waals surface area contributed by atoms with Gasteiger partial charge in [-0.3, -0.25) is 14.4 Å². The fourth-order valence-electron chi connectivity index (χ4n) is 3.87. The highest BCUT2D eigenvalue weighted by Gasteiger charge is 2.39. The maximum atomic E-state index is 12.9. The quantitative estimate of drug-likeness (QED) is 0.588. The van der Waals surface area contributed by atoms with Crippen LogP contribution < -0.4 is 10.2 Å². The van der Waals surface area contributed by atoms with E-state index in [1.807, 2.05) is 4.90 Å². The molecule has 2 heterocycles. The van der Waals surface area contributed by atoms with E-state index in [0.717, 1.165) is 30.8 Å². The summed E-state index contributed by atoms with van der Waals surface area (Å²) in [5.74, 6) is -0.796. The average molecular weight is 493 g/mol. The lowest BCUT2D eigenvalue weighted by atomic mass is 9.99. The van der Waals surface area contributed by atoms with Crippen molar-refractivity contribution in [2.75, 3.05) is 23.3 Å². The standard InChI is InChI=1S/C23H20Cl3N3O3/c1-13-3-2-10-28(12-13)21(30)14-4-6-15(7-5-14)27-20-19(26)22(31)29(23(20)32)16-8-9-17(24)18(25)11-16/h4-9,11,13,27H,2-3,10,12H2,1H3. The lowest BCUT2D eigenvalue weighted by Gasteiger charge is -2.31.